The monoisotopic (exact) mass is 266 g/mol. The molecule has 1 aliphatic heterocycles. The molecular formula is C14H19ClN2O. The minimum absolute atomic E-state index is 0.0539. The van der Waals surface area contributed by atoms with E-state index >= 15 is 0 Å². The van der Waals surface area contributed by atoms with E-state index in [1.807, 2.05) is 11.0 Å². The summed E-state index contributed by atoms with van der Waals surface area (Å²) >= 11 is 5.60. The Hall–Kier alpha value is -1.06. The molecule has 1 fully saturated rings. The van der Waals surface area contributed by atoms with Gasteiger partial charge in [0.25, 0.3) is 0 Å². The van der Waals surface area contributed by atoms with Gasteiger partial charge in [0.15, 0.2) is 0 Å². The summed E-state index contributed by atoms with van der Waals surface area (Å²) in [6.45, 7) is 4.55. The summed E-state index contributed by atoms with van der Waals surface area (Å²) in [5.41, 5.74) is 1.33. The van der Waals surface area contributed by atoms with Crippen LogP contribution >= 0.6 is 11.6 Å². The molecule has 0 atom stereocenters. The Kier molecular flexibility index (Phi) is 5.02. The molecule has 1 amide bonds. The minimum atomic E-state index is 0.0539. The fraction of sp³-hybridized carbons (Fsp3) is 0.500. The van der Waals surface area contributed by atoms with Crippen molar-refractivity contribution in [3.63, 3.8) is 0 Å². The predicted octanol–water partition coefficient (Wildman–Crippen LogP) is 1.96. The number of carbonyl (C=O) groups is 1. The summed E-state index contributed by atoms with van der Waals surface area (Å²) in [4.78, 5) is 15.8. The third-order valence-electron chi connectivity index (χ3n) is 3.30. The molecule has 0 aromatic heterocycles. The van der Waals surface area contributed by atoms with Crippen LogP contribution in [0, 0.1) is 0 Å². The Morgan fingerprint density at radius 2 is 1.89 bits per heavy atom. The van der Waals surface area contributed by atoms with Crippen LogP contribution in [-0.2, 0) is 11.3 Å². The third kappa shape index (κ3) is 3.72. The van der Waals surface area contributed by atoms with Gasteiger partial charge in [-0.3, -0.25) is 9.69 Å². The lowest BCUT2D eigenvalue weighted by molar-refractivity contribution is -0.128. The molecule has 2 rings (SSSR count). The van der Waals surface area contributed by atoms with Gasteiger partial charge in [-0.15, -0.1) is 11.6 Å². The predicted molar refractivity (Wildman–Crippen MR) is 73.6 cm³/mol. The van der Waals surface area contributed by atoms with Crippen LogP contribution in [0.1, 0.15) is 12.0 Å². The number of amides is 1. The molecule has 0 radical (unpaired) electrons. The second kappa shape index (κ2) is 6.76. The maximum absolute atomic E-state index is 11.6. The first-order valence-corrected chi connectivity index (χ1v) is 6.93. The number of benzene rings is 1. The Morgan fingerprint density at radius 3 is 2.61 bits per heavy atom. The molecule has 4 heteroatoms. The zero-order chi connectivity index (χ0) is 12.8. The molecule has 98 valence electrons. The largest absolute Gasteiger partial charge is 0.340 e. The van der Waals surface area contributed by atoms with Crippen molar-refractivity contribution in [1.29, 1.82) is 0 Å². The number of halogens is 1. The Balaban J connectivity index is 1.87. The van der Waals surface area contributed by atoms with Crippen LogP contribution < -0.4 is 0 Å². The highest BCUT2D eigenvalue weighted by molar-refractivity contribution is 6.27. The summed E-state index contributed by atoms with van der Waals surface area (Å²) in [6.07, 6.45) is 1.02. The number of alkyl halides is 1. The van der Waals surface area contributed by atoms with E-state index in [9.17, 15) is 4.79 Å². The summed E-state index contributed by atoms with van der Waals surface area (Å²) in [5, 5.41) is 0. The van der Waals surface area contributed by atoms with Gasteiger partial charge in [-0.2, -0.15) is 0 Å². The van der Waals surface area contributed by atoms with Gasteiger partial charge in [0.2, 0.25) is 5.91 Å². The van der Waals surface area contributed by atoms with Gasteiger partial charge in [0, 0.05) is 32.7 Å². The van der Waals surface area contributed by atoms with Crippen molar-refractivity contribution < 1.29 is 4.79 Å². The molecule has 0 unspecified atom stereocenters. The normalized spacial score (nSPS) is 17.5. The van der Waals surface area contributed by atoms with E-state index in [1.165, 1.54) is 5.56 Å². The second-order valence-corrected chi connectivity index (χ2v) is 4.90. The number of hydrogen-bond donors (Lipinski definition) is 0. The van der Waals surface area contributed by atoms with Gasteiger partial charge >= 0.3 is 0 Å². The fourth-order valence-electron chi connectivity index (χ4n) is 2.30. The van der Waals surface area contributed by atoms with E-state index < -0.39 is 0 Å². The van der Waals surface area contributed by atoms with Crippen molar-refractivity contribution in [2.45, 2.75) is 13.0 Å². The van der Waals surface area contributed by atoms with Crippen LogP contribution in [-0.4, -0.2) is 47.8 Å². The van der Waals surface area contributed by atoms with Crippen LogP contribution in [0.2, 0.25) is 0 Å². The van der Waals surface area contributed by atoms with Crippen LogP contribution in [0.4, 0.5) is 0 Å². The molecule has 18 heavy (non-hydrogen) atoms. The average Bonchev–Trinajstić information content (AvgIpc) is 2.65. The summed E-state index contributed by atoms with van der Waals surface area (Å²) in [6, 6.07) is 10.5. The first-order valence-electron chi connectivity index (χ1n) is 6.39. The van der Waals surface area contributed by atoms with Gasteiger partial charge in [-0.05, 0) is 12.0 Å². The lowest BCUT2D eigenvalue weighted by atomic mass is 10.2. The number of carbonyl (C=O) groups excluding carboxylic acids is 1. The molecule has 1 aliphatic rings. The smallest absolute Gasteiger partial charge is 0.237 e. The second-order valence-electron chi connectivity index (χ2n) is 4.63. The molecule has 1 saturated heterocycles. The highest BCUT2D eigenvalue weighted by Gasteiger charge is 2.18. The molecule has 0 N–H and O–H groups in total. The number of hydrogen-bond acceptors (Lipinski definition) is 2. The van der Waals surface area contributed by atoms with E-state index in [0.29, 0.717) is 0 Å². The van der Waals surface area contributed by atoms with Crippen molar-refractivity contribution in [3.8, 4) is 0 Å². The lowest BCUT2D eigenvalue weighted by Crippen LogP contribution is -2.35. The Morgan fingerprint density at radius 1 is 1.11 bits per heavy atom. The van der Waals surface area contributed by atoms with Crippen molar-refractivity contribution >= 4 is 17.5 Å². The first kappa shape index (κ1) is 13.4. The Labute approximate surface area is 113 Å². The van der Waals surface area contributed by atoms with Crippen LogP contribution in [0.15, 0.2) is 30.3 Å². The van der Waals surface area contributed by atoms with Gasteiger partial charge < -0.3 is 4.90 Å². The third-order valence-corrected chi connectivity index (χ3v) is 3.53. The summed E-state index contributed by atoms with van der Waals surface area (Å²) in [5.74, 6) is 0.150. The summed E-state index contributed by atoms with van der Waals surface area (Å²) in [7, 11) is 0. The first-order chi connectivity index (χ1) is 8.79. The highest BCUT2D eigenvalue weighted by atomic mass is 35.5. The highest BCUT2D eigenvalue weighted by Crippen LogP contribution is 2.09. The van der Waals surface area contributed by atoms with Gasteiger partial charge in [-0.1, -0.05) is 30.3 Å². The standard InChI is InChI=1S/C14H19ClN2O/c15-11-14(18)17-8-4-7-16(9-10-17)12-13-5-2-1-3-6-13/h1-3,5-6H,4,7-12H2. The average molecular weight is 267 g/mol. The number of nitrogens with zero attached hydrogens (tertiary/aromatic N) is 2. The van der Waals surface area contributed by atoms with Gasteiger partial charge in [-0.25, -0.2) is 0 Å². The van der Waals surface area contributed by atoms with Crippen molar-refractivity contribution in [3.05, 3.63) is 35.9 Å². The molecule has 1 aromatic rings. The quantitative estimate of drug-likeness (QED) is 0.781. The van der Waals surface area contributed by atoms with Gasteiger partial charge in [0.1, 0.15) is 5.88 Å². The maximum atomic E-state index is 11.6. The molecule has 0 spiro atoms. The van der Waals surface area contributed by atoms with Crippen molar-refractivity contribution in [1.82, 2.24) is 9.80 Å². The Bertz CT molecular complexity index is 383. The van der Waals surface area contributed by atoms with Crippen LogP contribution in [0.25, 0.3) is 0 Å². The van der Waals surface area contributed by atoms with E-state index in [-0.39, 0.29) is 11.8 Å². The number of rotatable bonds is 3. The molecule has 0 saturated carbocycles. The van der Waals surface area contributed by atoms with E-state index in [4.69, 9.17) is 11.6 Å². The van der Waals surface area contributed by atoms with Crippen molar-refractivity contribution in [2.24, 2.45) is 0 Å². The lowest BCUT2D eigenvalue weighted by Gasteiger charge is -2.21. The molecule has 3 nitrogen and oxygen atoms in total. The van der Waals surface area contributed by atoms with Crippen LogP contribution in [0.5, 0.6) is 0 Å². The zero-order valence-electron chi connectivity index (χ0n) is 10.5. The maximum Gasteiger partial charge on any atom is 0.237 e. The van der Waals surface area contributed by atoms with E-state index in [0.717, 1.165) is 39.1 Å². The SMILES string of the molecule is O=C(CCl)N1CCCN(Cc2ccccc2)CC1. The fourth-order valence-corrected chi connectivity index (χ4v) is 2.47. The molecule has 1 aromatic carbocycles. The summed E-state index contributed by atoms with van der Waals surface area (Å²) < 4.78 is 0. The van der Waals surface area contributed by atoms with Gasteiger partial charge in [0.05, 0.1) is 0 Å². The minimum Gasteiger partial charge on any atom is -0.340 e. The molecular weight excluding hydrogens is 248 g/mol. The van der Waals surface area contributed by atoms with Crippen molar-refractivity contribution in [2.75, 3.05) is 32.1 Å². The van der Waals surface area contributed by atoms with E-state index in [1.54, 1.807) is 0 Å². The molecule has 0 aliphatic carbocycles. The zero-order valence-corrected chi connectivity index (χ0v) is 11.3. The topological polar surface area (TPSA) is 23.6 Å². The molecule has 0 bridgehead atoms. The molecule has 1 heterocycles. The van der Waals surface area contributed by atoms with Crippen LogP contribution in [0.3, 0.4) is 0 Å². The van der Waals surface area contributed by atoms with E-state index in [2.05, 4.69) is 29.2 Å².